The third kappa shape index (κ3) is 19.4. The predicted octanol–water partition coefficient (Wildman–Crippen LogP) is 28.2. The van der Waals surface area contributed by atoms with Crippen LogP contribution >= 0.6 is 0 Å². The van der Waals surface area contributed by atoms with Crippen molar-refractivity contribution in [3.63, 3.8) is 0 Å². The second-order valence-corrected chi connectivity index (χ2v) is 36.7. The second kappa shape index (κ2) is 37.5. The van der Waals surface area contributed by atoms with Crippen molar-refractivity contribution in [1.82, 2.24) is 0 Å². The van der Waals surface area contributed by atoms with Crippen LogP contribution in [-0.4, -0.2) is 0 Å². The van der Waals surface area contributed by atoms with Crippen molar-refractivity contribution in [2.75, 3.05) is 0 Å². The highest BCUT2D eigenvalue weighted by Crippen LogP contribution is 2.67. The van der Waals surface area contributed by atoms with E-state index < -0.39 is 0 Å². The number of fused-ring (bicyclic) bond motifs is 5. The van der Waals surface area contributed by atoms with E-state index >= 15 is 0 Å². The zero-order chi connectivity index (χ0) is 68.3. The van der Waals surface area contributed by atoms with E-state index in [2.05, 4.69) is 242 Å². The van der Waals surface area contributed by atoms with Gasteiger partial charge in [0.25, 0.3) is 0 Å². The molecule has 5 fully saturated rings. The van der Waals surface area contributed by atoms with Crippen molar-refractivity contribution < 1.29 is 0 Å². The fourth-order valence-corrected chi connectivity index (χ4v) is 21.6. The Labute approximate surface area is 560 Å². The molecule has 0 spiro atoms. The highest BCUT2D eigenvalue weighted by molar-refractivity contribution is 5.08. The molecule has 0 radical (unpaired) electrons. The van der Waals surface area contributed by atoms with Gasteiger partial charge in [-0.3, -0.25) is 0 Å². The van der Waals surface area contributed by atoms with Gasteiger partial charge >= 0.3 is 0 Å². The summed E-state index contributed by atoms with van der Waals surface area (Å²) < 4.78 is 0. The topological polar surface area (TPSA) is 0 Å². The number of hydrogen-bond donors (Lipinski definition) is 0. The molecular formula is C88H174. The minimum Gasteiger partial charge on any atom is -0.0683 e. The normalized spacial score (nSPS) is 53.8. The van der Waals surface area contributed by atoms with Crippen LogP contribution < -0.4 is 0 Å². The van der Waals surface area contributed by atoms with E-state index in [1.165, 1.54) is 49.4 Å². The largest absolute Gasteiger partial charge is 0.0683 e. The van der Waals surface area contributed by atoms with Crippen LogP contribution in [0.1, 0.15) is 321 Å². The lowest BCUT2D eigenvalue weighted by Crippen LogP contribution is -2.58. The van der Waals surface area contributed by atoms with Gasteiger partial charge in [0.15, 0.2) is 0 Å². The van der Waals surface area contributed by atoms with Crippen molar-refractivity contribution in [2.24, 2.45) is 243 Å². The first-order valence-electron chi connectivity index (χ1n) is 40.8. The molecule has 5 saturated carbocycles. The minimum absolute atomic E-state index is 0.707. The maximum absolute atomic E-state index is 2.64. The lowest BCUT2D eigenvalue weighted by atomic mass is 9.39. The molecule has 0 amide bonds. The SMILES string of the molecule is C1CC2C1C1CCC21.CC.CC.CC1CC2CCC2CC(C)C(C)C(C)C(C)C(C)C(C)C(C)C(C)C(C)C(C)C(C)C(C)C(C)C(C)C(C)C(C)C(C)C(C)C(C)C(C)C(C)C(C)C(C)C(C)C(C)C(C)C(C)C(C)C(C)C(C)C(C)C(C)C(C)C1C. The van der Waals surface area contributed by atoms with Crippen LogP contribution in [-0.2, 0) is 0 Å². The fourth-order valence-electron chi connectivity index (χ4n) is 21.6. The van der Waals surface area contributed by atoms with Gasteiger partial charge in [0.05, 0.1) is 0 Å². The van der Waals surface area contributed by atoms with Crippen LogP contribution in [0.4, 0.5) is 0 Å². The lowest BCUT2D eigenvalue weighted by molar-refractivity contribution is -0.165. The summed E-state index contributed by atoms with van der Waals surface area (Å²) in [5.74, 6) is 32.2. The summed E-state index contributed by atoms with van der Waals surface area (Å²) in [5.41, 5.74) is 0. The van der Waals surface area contributed by atoms with Crippen molar-refractivity contribution in [3.05, 3.63) is 0 Å². The molecule has 36 atom stereocenters. The first-order valence-corrected chi connectivity index (χ1v) is 40.8. The molecule has 0 aromatic carbocycles. The Morgan fingerprint density at radius 3 is 0.295 bits per heavy atom. The van der Waals surface area contributed by atoms with Gasteiger partial charge in [0, 0.05) is 0 Å². The van der Waals surface area contributed by atoms with Gasteiger partial charge in [-0.25, -0.2) is 0 Å². The molecule has 0 aromatic rings. The fraction of sp³-hybridized carbons (Fsp3) is 1.00. The van der Waals surface area contributed by atoms with E-state index in [0.717, 1.165) is 107 Å². The summed E-state index contributed by atoms with van der Waals surface area (Å²) in [6.45, 7) is 100. The van der Waals surface area contributed by atoms with E-state index in [1.54, 1.807) is 25.7 Å². The van der Waals surface area contributed by atoms with Crippen molar-refractivity contribution >= 4 is 0 Å². The molecule has 5 aliphatic rings. The van der Waals surface area contributed by atoms with Gasteiger partial charge < -0.3 is 0 Å². The molecule has 5 rings (SSSR count). The molecule has 0 N–H and O–H groups in total. The van der Waals surface area contributed by atoms with E-state index in [4.69, 9.17) is 0 Å². The quantitative estimate of drug-likeness (QED) is 0.227. The molecular weight excluding hydrogens is 1060 g/mol. The Hall–Kier alpha value is 0. The molecule has 526 valence electrons. The average Bonchev–Trinajstić information content (AvgIpc) is 0.748. The Morgan fingerprint density at radius 1 is 0.125 bits per heavy atom. The molecule has 36 unspecified atom stereocenters. The number of rotatable bonds is 0. The molecule has 0 bridgehead atoms. The summed E-state index contributed by atoms with van der Waals surface area (Å²) in [6.07, 6.45) is 12.2. The molecule has 0 aromatic heterocycles. The average molecular weight is 1230 g/mol. The van der Waals surface area contributed by atoms with Gasteiger partial charge in [0.2, 0.25) is 0 Å². The molecule has 5 aliphatic carbocycles. The van der Waals surface area contributed by atoms with Crippen molar-refractivity contribution in [3.8, 4) is 0 Å². The molecule has 0 heterocycles. The summed E-state index contributed by atoms with van der Waals surface area (Å²) >= 11 is 0. The van der Waals surface area contributed by atoms with E-state index in [1.807, 2.05) is 27.7 Å². The third-order valence-corrected chi connectivity index (χ3v) is 35.1. The van der Waals surface area contributed by atoms with Gasteiger partial charge in [-0.05, 0) is 294 Å². The van der Waals surface area contributed by atoms with Crippen molar-refractivity contribution in [2.45, 2.75) is 321 Å². The molecule has 0 nitrogen and oxygen atoms in total. The summed E-state index contributed by atoms with van der Waals surface area (Å²) in [7, 11) is 0. The second-order valence-electron chi connectivity index (χ2n) is 36.7. The molecule has 0 saturated heterocycles. The Kier molecular flexibility index (Phi) is 35.8. The van der Waals surface area contributed by atoms with Crippen LogP contribution in [0.25, 0.3) is 0 Å². The summed E-state index contributed by atoms with van der Waals surface area (Å²) in [4.78, 5) is 0. The van der Waals surface area contributed by atoms with Gasteiger partial charge in [-0.2, -0.15) is 0 Å². The standard InChI is InChI=1S/C76H150.C8H12.2C2H6/c1-40-38-75-36-37-76(75)39-41(2)43(4)45(6)47(8)49(10)51(12)53(14)55(16)57(18)59(20)61(22)63(24)65(26)67(28)69(30)71(32)73(34)74(35)72(33)70(31)68(29)66(27)64(25)62(23)60(21)58(19)56(17)54(15)52(13)50(11)48(9)46(7)44(5)42(40)3;1-2-6-5(1)7-3-4-8(6)7;2*1-2/h40-76H,36-39H2,1-35H3;5-8H,1-4H2;2*1-2H3. The highest BCUT2D eigenvalue weighted by atomic mass is 14.6. The maximum Gasteiger partial charge on any atom is -0.0352 e. The molecule has 0 aliphatic heterocycles. The summed E-state index contributed by atoms with van der Waals surface area (Å²) in [6, 6.07) is 0. The van der Waals surface area contributed by atoms with Crippen molar-refractivity contribution in [1.29, 1.82) is 0 Å². The van der Waals surface area contributed by atoms with Gasteiger partial charge in [-0.1, -0.05) is 270 Å². The predicted molar refractivity (Wildman–Crippen MR) is 401 cm³/mol. The highest BCUT2D eigenvalue weighted by Gasteiger charge is 2.59. The zero-order valence-electron chi connectivity index (χ0n) is 68.3. The Balaban J connectivity index is 0.00000195. The summed E-state index contributed by atoms with van der Waals surface area (Å²) in [5, 5.41) is 0. The van der Waals surface area contributed by atoms with Gasteiger partial charge in [-0.15, -0.1) is 0 Å². The van der Waals surface area contributed by atoms with Crippen LogP contribution in [0.5, 0.6) is 0 Å². The maximum atomic E-state index is 2.64. The van der Waals surface area contributed by atoms with E-state index in [9.17, 15) is 0 Å². The van der Waals surface area contributed by atoms with Crippen LogP contribution in [0.2, 0.25) is 0 Å². The number of hydrogen-bond acceptors (Lipinski definition) is 0. The Morgan fingerprint density at radius 2 is 0.216 bits per heavy atom. The molecule has 88 heavy (non-hydrogen) atoms. The van der Waals surface area contributed by atoms with Gasteiger partial charge in [0.1, 0.15) is 0 Å². The lowest BCUT2D eigenvalue weighted by Gasteiger charge is -2.66. The third-order valence-electron chi connectivity index (χ3n) is 35.1. The van der Waals surface area contributed by atoms with Crippen LogP contribution in [0, 0.1) is 243 Å². The first kappa shape index (κ1) is 84.1. The minimum atomic E-state index is 0.707. The van der Waals surface area contributed by atoms with Crippen LogP contribution in [0.15, 0.2) is 0 Å². The molecule has 0 heteroatoms. The van der Waals surface area contributed by atoms with Crippen LogP contribution in [0.3, 0.4) is 0 Å². The van der Waals surface area contributed by atoms with E-state index in [0.29, 0.717) is 112 Å². The zero-order valence-corrected chi connectivity index (χ0v) is 68.3. The Bertz CT molecular complexity index is 1690. The van der Waals surface area contributed by atoms with E-state index in [-0.39, 0.29) is 0 Å². The monoisotopic (exact) mass is 1230 g/mol. The smallest absolute Gasteiger partial charge is 0.0352 e. The first-order chi connectivity index (χ1) is 40.8.